The Kier molecular flexibility index (Phi) is 7.21. The molecule has 284 valence electrons. The summed E-state index contributed by atoms with van der Waals surface area (Å²) in [6.07, 6.45) is 0. The SMILES string of the molecule is c1ccc(-n2c3ccccc3c3c(-c4cccc5oc6cc(-c7nc(-c8ccc9ccccc9c8)nc(-c8ccc9c(c8)oc8ccccc89)n7)ccc6c45)cccc32)cc1. The van der Waals surface area contributed by atoms with Crippen molar-refractivity contribution in [1.29, 1.82) is 0 Å². The highest BCUT2D eigenvalue weighted by atomic mass is 16.3. The van der Waals surface area contributed by atoms with Gasteiger partial charge in [-0.3, -0.25) is 0 Å². The van der Waals surface area contributed by atoms with Crippen LogP contribution in [0, 0.1) is 0 Å². The molecule has 0 aliphatic heterocycles. The molecule has 13 aromatic rings. The molecule has 0 aliphatic carbocycles. The zero-order chi connectivity index (χ0) is 40.0. The summed E-state index contributed by atoms with van der Waals surface area (Å²) in [6, 6.07) is 67.5. The monoisotopic (exact) mass is 780 g/mol. The third-order valence-corrected chi connectivity index (χ3v) is 12.0. The molecule has 0 fully saturated rings. The highest BCUT2D eigenvalue weighted by Crippen LogP contribution is 2.44. The molecule has 9 aromatic carbocycles. The first-order chi connectivity index (χ1) is 30.2. The lowest BCUT2D eigenvalue weighted by Crippen LogP contribution is -2.00. The second-order valence-corrected chi connectivity index (χ2v) is 15.6. The van der Waals surface area contributed by atoms with Crippen LogP contribution < -0.4 is 0 Å². The fourth-order valence-electron chi connectivity index (χ4n) is 9.24. The van der Waals surface area contributed by atoms with Crippen molar-refractivity contribution >= 4 is 76.5 Å². The first-order valence-electron chi connectivity index (χ1n) is 20.4. The highest BCUT2D eigenvalue weighted by Gasteiger charge is 2.21. The molecule has 0 N–H and O–H groups in total. The van der Waals surface area contributed by atoms with Crippen molar-refractivity contribution in [3.05, 3.63) is 194 Å². The van der Waals surface area contributed by atoms with Gasteiger partial charge in [0.15, 0.2) is 17.5 Å². The van der Waals surface area contributed by atoms with E-state index in [1.54, 1.807) is 0 Å². The van der Waals surface area contributed by atoms with Gasteiger partial charge in [0, 0.05) is 54.7 Å². The molecule has 0 bridgehead atoms. The van der Waals surface area contributed by atoms with Crippen LogP contribution in [0.5, 0.6) is 0 Å². The lowest BCUT2D eigenvalue weighted by molar-refractivity contribution is 0.668. The van der Waals surface area contributed by atoms with Crippen LogP contribution in [0.25, 0.3) is 127 Å². The Morgan fingerprint density at radius 1 is 0.328 bits per heavy atom. The van der Waals surface area contributed by atoms with Gasteiger partial charge in [-0.1, -0.05) is 127 Å². The Hall–Kier alpha value is -8.35. The maximum atomic E-state index is 6.72. The Morgan fingerprint density at radius 2 is 0.869 bits per heavy atom. The predicted octanol–water partition coefficient (Wildman–Crippen LogP) is 14.6. The number of nitrogens with zero attached hydrogens (tertiary/aromatic N) is 4. The number of hydrogen-bond donors (Lipinski definition) is 0. The molecule has 0 atom stereocenters. The van der Waals surface area contributed by atoms with Crippen molar-refractivity contribution in [2.45, 2.75) is 0 Å². The van der Waals surface area contributed by atoms with E-state index in [9.17, 15) is 0 Å². The zero-order valence-corrected chi connectivity index (χ0v) is 32.6. The minimum absolute atomic E-state index is 0.555. The number of aromatic nitrogens is 4. The molecule has 0 aliphatic rings. The minimum Gasteiger partial charge on any atom is -0.456 e. The van der Waals surface area contributed by atoms with Crippen molar-refractivity contribution in [3.63, 3.8) is 0 Å². The molecule has 0 radical (unpaired) electrons. The third-order valence-electron chi connectivity index (χ3n) is 12.0. The Bertz CT molecular complexity index is 3900. The van der Waals surface area contributed by atoms with E-state index in [4.69, 9.17) is 23.8 Å². The minimum atomic E-state index is 0.555. The van der Waals surface area contributed by atoms with Crippen LogP contribution in [-0.4, -0.2) is 19.5 Å². The Morgan fingerprint density at radius 3 is 1.67 bits per heavy atom. The van der Waals surface area contributed by atoms with Crippen molar-refractivity contribution < 1.29 is 8.83 Å². The number of fused-ring (bicyclic) bond motifs is 10. The summed E-state index contributed by atoms with van der Waals surface area (Å²) in [5.74, 6) is 1.70. The van der Waals surface area contributed by atoms with Crippen molar-refractivity contribution in [2.24, 2.45) is 0 Å². The summed E-state index contributed by atoms with van der Waals surface area (Å²) in [6.45, 7) is 0. The first kappa shape index (κ1) is 33.6. The van der Waals surface area contributed by atoms with Gasteiger partial charge in [0.25, 0.3) is 0 Å². The van der Waals surface area contributed by atoms with E-state index in [-0.39, 0.29) is 0 Å². The normalized spacial score (nSPS) is 11.9. The van der Waals surface area contributed by atoms with E-state index in [0.29, 0.717) is 17.5 Å². The van der Waals surface area contributed by atoms with Crippen molar-refractivity contribution in [3.8, 4) is 51.0 Å². The van der Waals surface area contributed by atoms with Crippen molar-refractivity contribution in [1.82, 2.24) is 19.5 Å². The molecule has 0 saturated heterocycles. The van der Waals surface area contributed by atoms with Crippen LogP contribution >= 0.6 is 0 Å². The lowest BCUT2D eigenvalue weighted by atomic mass is 9.95. The molecular formula is C55H32N4O2. The molecule has 0 unspecified atom stereocenters. The topological polar surface area (TPSA) is 69.9 Å². The molecule has 0 spiro atoms. The van der Waals surface area contributed by atoms with Gasteiger partial charge >= 0.3 is 0 Å². The van der Waals surface area contributed by atoms with Crippen LogP contribution in [-0.2, 0) is 0 Å². The number of furan rings is 2. The average molecular weight is 781 g/mol. The van der Waals surface area contributed by atoms with Crippen molar-refractivity contribution in [2.75, 3.05) is 0 Å². The second-order valence-electron chi connectivity index (χ2n) is 15.6. The summed E-state index contributed by atoms with van der Waals surface area (Å²) < 4.78 is 15.4. The molecular weight excluding hydrogens is 749 g/mol. The van der Waals surface area contributed by atoms with Gasteiger partial charge in [-0.15, -0.1) is 0 Å². The van der Waals surface area contributed by atoms with E-state index >= 15 is 0 Å². The molecule has 4 heterocycles. The van der Waals surface area contributed by atoms with Crippen LogP contribution in [0.15, 0.2) is 203 Å². The van der Waals surface area contributed by atoms with Gasteiger partial charge in [0.05, 0.1) is 11.0 Å². The van der Waals surface area contributed by atoms with Crippen LogP contribution in [0.2, 0.25) is 0 Å². The van der Waals surface area contributed by atoms with E-state index < -0.39 is 0 Å². The quantitative estimate of drug-likeness (QED) is 0.174. The molecule has 6 nitrogen and oxygen atoms in total. The maximum absolute atomic E-state index is 6.72. The summed E-state index contributed by atoms with van der Waals surface area (Å²) in [5.41, 5.74) is 11.5. The molecule has 0 saturated carbocycles. The molecule has 4 aromatic heterocycles. The van der Waals surface area contributed by atoms with E-state index in [2.05, 4.69) is 174 Å². The molecule has 0 amide bonds. The number of rotatable bonds is 5. The van der Waals surface area contributed by atoms with Crippen LogP contribution in [0.4, 0.5) is 0 Å². The summed E-state index contributed by atoms with van der Waals surface area (Å²) in [4.78, 5) is 15.3. The Labute approximate surface area is 348 Å². The van der Waals surface area contributed by atoms with Crippen LogP contribution in [0.3, 0.4) is 0 Å². The Balaban J connectivity index is 0.988. The summed E-state index contributed by atoms with van der Waals surface area (Å²) in [7, 11) is 0. The maximum Gasteiger partial charge on any atom is 0.164 e. The van der Waals surface area contributed by atoms with Gasteiger partial charge < -0.3 is 13.4 Å². The lowest BCUT2D eigenvalue weighted by Gasteiger charge is -2.10. The number of para-hydroxylation sites is 3. The standard InChI is InChI=1S/C55H32N4O2/c1-2-14-38(15-3-1)59-45-20-8-6-17-43(45)51-41(18-10-21-46(51)59)42-19-11-23-48-52(42)44-29-27-37(32-50(44)61-48)55-57-53(35-25-24-33-12-4-5-13-34(33)30-35)56-54(58-55)36-26-28-40-39-16-7-9-22-47(39)60-49(40)31-36/h1-32H. The fraction of sp³-hybridized carbons (Fsp3) is 0. The van der Waals surface area contributed by atoms with Gasteiger partial charge in [0.2, 0.25) is 0 Å². The van der Waals surface area contributed by atoms with Gasteiger partial charge in [-0.25, -0.2) is 15.0 Å². The smallest absolute Gasteiger partial charge is 0.164 e. The first-order valence-corrected chi connectivity index (χ1v) is 20.4. The average Bonchev–Trinajstić information content (AvgIpc) is 4.00. The summed E-state index contributed by atoms with van der Waals surface area (Å²) >= 11 is 0. The van der Waals surface area contributed by atoms with E-state index in [1.807, 2.05) is 24.3 Å². The molecule has 13 rings (SSSR count). The molecule has 6 heteroatoms. The number of benzene rings is 9. The van der Waals surface area contributed by atoms with Gasteiger partial charge in [-0.05, 0) is 88.6 Å². The van der Waals surface area contributed by atoms with Gasteiger partial charge in [-0.2, -0.15) is 0 Å². The van der Waals surface area contributed by atoms with Gasteiger partial charge in [0.1, 0.15) is 22.3 Å². The zero-order valence-electron chi connectivity index (χ0n) is 32.6. The second kappa shape index (κ2) is 13.1. The largest absolute Gasteiger partial charge is 0.456 e. The third kappa shape index (κ3) is 5.26. The van der Waals surface area contributed by atoms with E-state index in [1.165, 1.54) is 16.3 Å². The fourth-order valence-corrected chi connectivity index (χ4v) is 9.24. The van der Waals surface area contributed by atoms with Crippen LogP contribution in [0.1, 0.15) is 0 Å². The summed E-state index contributed by atoms with van der Waals surface area (Å²) in [5, 5.41) is 8.91. The van der Waals surface area contributed by atoms with E-state index in [0.717, 1.165) is 93.7 Å². The highest BCUT2D eigenvalue weighted by molar-refractivity contribution is 6.21. The predicted molar refractivity (Wildman–Crippen MR) is 248 cm³/mol. The number of hydrogen-bond acceptors (Lipinski definition) is 5. The molecule has 61 heavy (non-hydrogen) atoms.